The van der Waals surface area contributed by atoms with Gasteiger partial charge in [0.05, 0.1) is 11.1 Å². The second-order valence-corrected chi connectivity index (χ2v) is 12.3. The van der Waals surface area contributed by atoms with E-state index in [1.807, 2.05) is 13.8 Å². The molecule has 1 aromatic carbocycles. The molecule has 1 heterocycles. The van der Waals surface area contributed by atoms with E-state index in [0.29, 0.717) is 41.6 Å². The van der Waals surface area contributed by atoms with E-state index in [9.17, 15) is 19.6 Å². The molecule has 35 heavy (non-hydrogen) atoms. The van der Waals surface area contributed by atoms with E-state index in [4.69, 9.17) is 27.9 Å². The van der Waals surface area contributed by atoms with Crippen molar-refractivity contribution in [2.75, 3.05) is 13.2 Å². The average Bonchev–Trinajstić information content (AvgIpc) is 3.06. The second kappa shape index (κ2) is 9.29. The Morgan fingerprint density at radius 2 is 2.00 bits per heavy atom. The van der Waals surface area contributed by atoms with Crippen LogP contribution >= 0.6 is 23.2 Å². The maximum atomic E-state index is 13.4. The Balaban J connectivity index is 1.42. The predicted octanol–water partition coefficient (Wildman–Crippen LogP) is 4.26. The van der Waals surface area contributed by atoms with Crippen molar-refractivity contribution in [1.82, 2.24) is 10.2 Å². The second-order valence-electron chi connectivity index (χ2n) is 11.4. The summed E-state index contributed by atoms with van der Waals surface area (Å²) in [5.74, 6) is -0.208. The Labute approximate surface area is 216 Å². The van der Waals surface area contributed by atoms with Crippen LogP contribution in [0.2, 0.25) is 10.0 Å². The summed E-state index contributed by atoms with van der Waals surface area (Å²) in [5, 5.41) is 13.3. The first-order valence-electron chi connectivity index (χ1n) is 11.9. The fraction of sp³-hybridized carbons (Fsp3) is 0.615. The fourth-order valence-electron chi connectivity index (χ4n) is 6.03. The average molecular weight is 520 g/mol. The Morgan fingerprint density at radius 3 is 2.60 bits per heavy atom. The molecule has 0 spiro atoms. The first-order valence-corrected chi connectivity index (χ1v) is 12.7. The predicted molar refractivity (Wildman–Crippen MR) is 132 cm³/mol. The van der Waals surface area contributed by atoms with E-state index in [-0.39, 0.29) is 52.8 Å². The largest absolute Gasteiger partial charge is 0.482 e. The van der Waals surface area contributed by atoms with Crippen LogP contribution in [0.25, 0.3) is 0 Å². The molecule has 3 aliphatic rings. The molecule has 7 nitrogen and oxygen atoms in total. The highest BCUT2D eigenvalue weighted by molar-refractivity contribution is 6.35. The maximum absolute atomic E-state index is 13.4. The lowest BCUT2D eigenvalue weighted by Gasteiger charge is -2.31. The van der Waals surface area contributed by atoms with Crippen LogP contribution in [0.3, 0.4) is 0 Å². The van der Waals surface area contributed by atoms with Crippen LogP contribution in [0.4, 0.5) is 0 Å². The summed E-state index contributed by atoms with van der Waals surface area (Å²) in [7, 11) is 0. The standard InChI is InChI=1S/C26H31Cl2N3O4/c1-25(2)9-14(19(32)10-25)7-16(11-29)30-24(34)23-22-17(26(22,3)4)12-31(23)21(33)13-35-20-6-5-15(27)8-18(20)28/h5-6,8,14,16-17,22-23H,7,9-10,12-13H2,1-4H3,(H,30,34)/t14-,16+,17+,22+,23?/m1/s1. The minimum absolute atomic E-state index is 0.0111. The van der Waals surface area contributed by atoms with Gasteiger partial charge < -0.3 is 15.0 Å². The van der Waals surface area contributed by atoms with Gasteiger partial charge in [-0.15, -0.1) is 0 Å². The fourth-order valence-corrected chi connectivity index (χ4v) is 6.49. The lowest BCUT2D eigenvalue weighted by atomic mass is 9.89. The SMILES string of the molecule is CC1(C)CC(=O)[C@H](C[C@@H](C#N)NC(=O)C2[C@@H]3[C@H](CN2C(=O)COc2ccc(Cl)cc2Cl)C3(C)C)C1. The maximum Gasteiger partial charge on any atom is 0.261 e. The summed E-state index contributed by atoms with van der Waals surface area (Å²) in [6.45, 7) is 8.46. The Morgan fingerprint density at radius 1 is 1.29 bits per heavy atom. The highest BCUT2D eigenvalue weighted by atomic mass is 35.5. The number of likely N-dealkylation sites (tertiary alicyclic amines) is 1. The highest BCUT2D eigenvalue weighted by Crippen LogP contribution is 2.64. The topological polar surface area (TPSA) is 99.5 Å². The van der Waals surface area contributed by atoms with Crippen molar-refractivity contribution >= 4 is 40.8 Å². The van der Waals surface area contributed by atoms with Gasteiger partial charge in [-0.2, -0.15) is 5.26 Å². The number of nitrogens with zero attached hydrogens (tertiary/aromatic N) is 2. The van der Waals surface area contributed by atoms with Gasteiger partial charge in [0.2, 0.25) is 5.91 Å². The van der Waals surface area contributed by atoms with Crippen molar-refractivity contribution < 1.29 is 19.1 Å². The zero-order valence-electron chi connectivity index (χ0n) is 20.4. The number of piperidine rings is 1. The molecule has 2 saturated carbocycles. The minimum Gasteiger partial charge on any atom is -0.482 e. The molecule has 9 heteroatoms. The Bertz CT molecular complexity index is 1100. The number of hydrogen-bond acceptors (Lipinski definition) is 5. The molecule has 0 aromatic heterocycles. The van der Waals surface area contributed by atoms with Gasteiger partial charge in [-0.1, -0.05) is 50.9 Å². The van der Waals surface area contributed by atoms with E-state index in [1.54, 1.807) is 17.0 Å². The monoisotopic (exact) mass is 519 g/mol. The van der Waals surface area contributed by atoms with Crippen molar-refractivity contribution in [1.29, 1.82) is 5.26 Å². The molecule has 1 N–H and O–H groups in total. The number of fused-ring (bicyclic) bond motifs is 1. The number of carbonyl (C=O) groups is 3. The summed E-state index contributed by atoms with van der Waals surface area (Å²) in [6, 6.07) is 5.42. The minimum atomic E-state index is -0.785. The van der Waals surface area contributed by atoms with Crippen molar-refractivity contribution in [3.63, 3.8) is 0 Å². The van der Waals surface area contributed by atoms with Crippen LogP contribution in [0.5, 0.6) is 5.75 Å². The number of amides is 2. The van der Waals surface area contributed by atoms with E-state index < -0.39 is 12.1 Å². The summed E-state index contributed by atoms with van der Waals surface area (Å²) in [6.07, 6.45) is 1.49. The molecular weight excluding hydrogens is 489 g/mol. The van der Waals surface area contributed by atoms with Gasteiger partial charge in [-0.3, -0.25) is 14.4 Å². The Hall–Kier alpha value is -2.30. The van der Waals surface area contributed by atoms with Crippen molar-refractivity contribution in [2.24, 2.45) is 28.6 Å². The molecular formula is C26H31Cl2N3O4. The van der Waals surface area contributed by atoms with E-state index >= 15 is 0 Å². The first kappa shape index (κ1) is 25.8. The van der Waals surface area contributed by atoms with Gasteiger partial charge in [-0.25, -0.2) is 0 Å². The Kier molecular flexibility index (Phi) is 6.85. The van der Waals surface area contributed by atoms with Gasteiger partial charge >= 0.3 is 0 Å². The first-order chi connectivity index (χ1) is 16.3. The highest BCUT2D eigenvalue weighted by Gasteiger charge is 2.69. The van der Waals surface area contributed by atoms with E-state index in [2.05, 4.69) is 25.2 Å². The summed E-state index contributed by atoms with van der Waals surface area (Å²) >= 11 is 12.0. The molecule has 2 amide bonds. The molecule has 0 radical (unpaired) electrons. The zero-order valence-corrected chi connectivity index (χ0v) is 21.9. The molecule has 188 valence electrons. The number of rotatable bonds is 7. The normalized spacial score (nSPS) is 28.7. The molecule has 4 rings (SSSR count). The third-order valence-electron chi connectivity index (χ3n) is 7.94. The van der Waals surface area contributed by atoms with Crippen LogP contribution in [0.15, 0.2) is 18.2 Å². The number of Topliss-reactive ketones (excluding diaryl/α,β-unsaturated/α-hetero) is 1. The summed E-state index contributed by atoms with van der Waals surface area (Å²) in [4.78, 5) is 40.4. The van der Waals surface area contributed by atoms with Crippen LogP contribution in [0, 0.1) is 39.9 Å². The molecule has 1 saturated heterocycles. The number of carbonyl (C=O) groups excluding carboxylic acids is 3. The van der Waals surface area contributed by atoms with Crippen LogP contribution in [0.1, 0.15) is 47.0 Å². The van der Waals surface area contributed by atoms with Crippen LogP contribution in [-0.2, 0) is 14.4 Å². The smallest absolute Gasteiger partial charge is 0.261 e. The number of nitriles is 1. The molecule has 1 aromatic rings. The number of nitrogens with one attached hydrogen (secondary N) is 1. The third kappa shape index (κ3) is 5.15. The quantitative estimate of drug-likeness (QED) is 0.579. The van der Waals surface area contributed by atoms with E-state index in [0.717, 1.165) is 0 Å². The number of halogens is 2. The molecule has 0 bridgehead atoms. The summed E-state index contributed by atoms with van der Waals surface area (Å²) < 4.78 is 5.62. The molecule has 5 atom stereocenters. The number of hydrogen-bond donors (Lipinski definition) is 1. The number of benzene rings is 1. The van der Waals surface area contributed by atoms with Gasteiger partial charge in [0.15, 0.2) is 6.61 Å². The van der Waals surface area contributed by atoms with Crippen molar-refractivity contribution in [3.05, 3.63) is 28.2 Å². The lowest BCUT2D eigenvalue weighted by molar-refractivity contribution is -0.142. The van der Waals surface area contributed by atoms with E-state index in [1.165, 1.54) is 6.07 Å². The summed E-state index contributed by atoms with van der Waals surface area (Å²) in [5.41, 5.74) is -0.147. The lowest BCUT2D eigenvalue weighted by Crippen LogP contribution is -2.53. The molecule has 1 unspecified atom stereocenters. The van der Waals surface area contributed by atoms with Gasteiger partial charge in [0.25, 0.3) is 5.91 Å². The number of ketones is 1. The van der Waals surface area contributed by atoms with Gasteiger partial charge in [0, 0.05) is 23.9 Å². The molecule has 3 fully saturated rings. The van der Waals surface area contributed by atoms with Crippen LogP contribution < -0.4 is 10.1 Å². The van der Waals surface area contributed by atoms with Crippen LogP contribution in [-0.4, -0.2) is 47.7 Å². The van der Waals surface area contributed by atoms with Crippen molar-refractivity contribution in [3.8, 4) is 11.8 Å². The zero-order chi connectivity index (χ0) is 25.7. The van der Waals surface area contributed by atoms with Crippen molar-refractivity contribution in [2.45, 2.75) is 59.0 Å². The third-order valence-corrected chi connectivity index (χ3v) is 8.47. The molecule has 1 aliphatic heterocycles. The van der Waals surface area contributed by atoms with Gasteiger partial charge in [0.1, 0.15) is 23.6 Å². The molecule has 2 aliphatic carbocycles. The van der Waals surface area contributed by atoms with Gasteiger partial charge in [-0.05, 0) is 53.7 Å². The number of ether oxygens (including phenoxy) is 1.